The van der Waals surface area contributed by atoms with Crippen LogP contribution >= 0.6 is 0 Å². The van der Waals surface area contributed by atoms with Gasteiger partial charge >= 0.3 is 18.9 Å². The predicted molar refractivity (Wildman–Crippen MR) is 44.0 cm³/mol. The normalized spacial score (nSPS) is 29.3. The van der Waals surface area contributed by atoms with E-state index in [2.05, 4.69) is 29.2 Å². The summed E-state index contributed by atoms with van der Waals surface area (Å²) in [6.45, 7) is 2.42. The molecule has 0 radical (unpaired) electrons. The topological polar surface area (TPSA) is 3.24 Å². The summed E-state index contributed by atoms with van der Waals surface area (Å²) in [6.07, 6.45) is 11.6. The summed E-state index contributed by atoms with van der Waals surface area (Å²) in [5.41, 5.74) is 0. The van der Waals surface area contributed by atoms with Gasteiger partial charge in [0.15, 0.2) is 0 Å². The second-order valence-electron chi connectivity index (χ2n) is 2.99. The van der Waals surface area contributed by atoms with Crippen molar-refractivity contribution in [2.24, 2.45) is 0 Å². The van der Waals surface area contributed by atoms with E-state index < -0.39 is 0 Å². The van der Waals surface area contributed by atoms with Crippen molar-refractivity contribution in [2.75, 3.05) is 13.1 Å². The Bertz CT molecular complexity index is 179. The van der Waals surface area contributed by atoms with E-state index in [0.29, 0.717) is 0 Å². The zero-order valence-electron chi connectivity index (χ0n) is 8.16. The largest absolute Gasteiger partial charge is 1.00 e. The van der Waals surface area contributed by atoms with Crippen LogP contribution in [0.25, 0.3) is 0 Å². The molecule has 0 fully saturated rings. The van der Waals surface area contributed by atoms with Crippen LogP contribution in [0, 0.1) is 0 Å². The Balaban J connectivity index is 0.000000605. The molecule has 0 aromatic carbocycles. The molecule has 1 nitrogen and oxygen atoms in total. The Kier molecular flexibility index (Phi) is 3.45. The molecule has 2 aliphatic rings. The van der Waals surface area contributed by atoms with Gasteiger partial charge in [0.05, 0.1) is 0 Å². The second kappa shape index (κ2) is 4.16. The third-order valence-electron chi connectivity index (χ3n) is 2.29. The van der Waals surface area contributed by atoms with Gasteiger partial charge in [-0.05, 0) is 12.8 Å². The quantitative estimate of drug-likeness (QED) is 0.325. The van der Waals surface area contributed by atoms with Gasteiger partial charge in [-0.15, -0.1) is 0 Å². The zero-order chi connectivity index (χ0) is 6.81. The summed E-state index contributed by atoms with van der Waals surface area (Å²) >= 11 is 0. The first kappa shape index (κ1) is 9.13. The van der Waals surface area contributed by atoms with Crippen molar-refractivity contribution in [1.82, 2.24) is 4.90 Å². The summed E-state index contributed by atoms with van der Waals surface area (Å²) in [4.78, 5) is 2.53. The third kappa shape index (κ3) is 1.99. The van der Waals surface area contributed by atoms with Gasteiger partial charge in [0.2, 0.25) is 0 Å². The van der Waals surface area contributed by atoms with Crippen LogP contribution in [0.2, 0.25) is 0 Å². The average Bonchev–Trinajstić information content (AvgIpc) is 1.86. The third-order valence-corrected chi connectivity index (χ3v) is 2.29. The van der Waals surface area contributed by atoms with Gasteiger partial charge in [0.25, 0.3) is 0 Å². The van der Waals surface area contributed by atoms with Gasteiger partial charge in [0.1, 0.15) is 0 Å². The minimum absolute atomic E-state index is 0. The standard InChI is InChI=1S/C9H13N.Li.H/c1-2-7-10(8-3-1)9-5-4-6-9;;/h1-2,4-5,9H,3,6-8H2;;/q;+1;-1. The fraction of sp³-hybridized carbons (Fsp3) is 0.556. The van der Waals surface area contributed by atoms with Crippen LogP contribution in [0.1, 0.15) is 14.3 Å². The molecule has 0 saturated carbocycles. The maximum absolute atomic E-state index is 2.53. The van der Waals surface area contributed by atoms with Crippen molar-refractivity contribution in [1.29, 1.82) is 0 Å². The van der Waals surface area contributed by atoms with Crippen LogP contribution in [0.3, 0.4) is 0 Å². The molecule has 2 rings (SSSR count). The maximum atomic E-state index is 2.53. The first-order valence-corrected chi connectivity index (χ1v) is 4.02. The molecule has 2 heteroatoms. The Morgan fingerprint density at radius 3 is 2.55 bits per heavy atom. The molecule has 0 spiro atoms. The molecule has 1 atom stereocenters. The van der Waals surface area contributed by atoms with Crippen molar-refractivity contribution in [3.63, 3.8) is 0 Å². The molecule has 1 heterocycles. The fourth-order valence-electron chi connectivity index (χ4n) is 1.49. The smallest absolute Gasteiger partial charge is 1.00 e. The minimum atomic E-state index is 0. The van der Waals surface area contributed by atoms with Crippen molar-refractivity contribution < 1.29 is 20.3 Å². The summed E-state index contributed by atoms with van der Waals surface area (Å²) in [5, 5.41) is 0. The van der Waals surface area contributed by atoms with Gasteiger partial charge in [-0.25, -0.2) is 0 Å². The number of rotatable bonds is 1. The Morgan fingerprint density at radius 1 is 1.27 bits per heavy atom. The van der Waals surface area contributed by atoms with Crippen LogP contribution in [0.5, 0.6) is 0 Å². The molecule has 0 amide bonds. The van der Waals surface area contributed by atoms with Crippen molar-refractivity contribution >= 4 is 0 Å². The Morgan fingerprint density at radius 2 is 2.09 bits per heavy atom. The van der Waals surface area contributed by atoms with Gasteiger partial charge in [-0.3, -0.25) is 4.90 Å². The molecule has 11 heavy (non-hydrogen) atoms. The van der Waals surface area contributed by atoms with E-state index in [1.165, 1.54) is 19.4 Å². The van der Waals surface area contributed by atoms with E-state index in [0.717, 1.165) is 12.6 Å². The van der Waals surface area contributed by atoms with Crippen LogP contribution in [-0.2, 0) is 0 Å². The van der Waals surface area contributed by atoms with Crippen molar-refractivity contribution in [3.05, 3.63) is 24.3 Å². The minimum Gasteiger partial charge on any atom is -1.00 e. The SMILES string of the molecule is C1=CCN(C2C=CC2)CC1.[H-].[Li+]. The Hall–Kier alpha value is 0.0374. The summed E-state index contributed by atoms with van der Waals surface area (Å²) < 4.78 is 0. The van der Waals surface area contributed by atoms with Gasteiger partial charge in [-0.1, -0.05) is 24.3 Å². The molecule has 0 aromatic heterocycles. The van der Waals surface area contributed by atoms with E-state index in [1.54, 1.807) is 0 Å². The van der Waals surface area contributed by atoms with Crippen LogP contribution in [0.4, 0.5) is 0 Å². The summed E-state index contributed by atoms with van der Waals surface area (Å²) in [5.74, 6) is 0. The van der Waals surface area contributed by atoms with Gasteiger partial charge < -0.3 is 1.43 Å². The molecular formula is C9H14LiN. The molecular weight excluding hydrogens is 129 g/mol. The molecule has 0 aromatic rings. The van der Waals surface area contributed by atoms with Gasteiger partial charge in [0, 0.05) is 19.1 Å². The first-order valence-electron chi connectivity index (χ1n) is 4.02. The molecule has 0 bridgehead atoms. The van der Waals surface area contributed by atoms with E-state index in [1.807, 2.05) is 0 Å². The van der Waals surface area contributed by atoms with E-state index in [4.69, 9.17) is 0 Å². The van der Waals surface area contributed by atoms with E-state index in [-0.39, 0.29) is 20.3 Å². The van der Waals surface area contributed by atoms with Crippen LogP contribution in [0.15, 0.2) is 24.3 Å². The molecule has 1 unspecified atom stereocenters. The van der Waals surface area contributed by atoms with Crippen molar-refractivity contribution in [2.45, 2.75) is 18.9 Å². The summed E-state index contributed by atoms with van der Waals surface area (Å²) in [6, 6.07) is 0.768. The van der Waals surface area contributed by atoms with Crippen molar-refractivity contribution in [3.8, 4) is 0 Å². The first-order chi connectivity index (χ1) is 4.97. The average molecular weight is 143 g/mol. The fourth-order valence-corrected chi connectivity index (χ4v) is 1.49. The van der Waals surface area contributed by atoms with Crippen LogP contribution < -0.4 is 18.9 Å². The number of hydrogen-bond acceptors (Lipinski definition) is 1. The molecule has 1 aliphatic carbocycles. The number of hydrogen-bond donors (Lipinski definition) is 0. The van der Waals surface area contributed by atoms with E-state index >= 15 is 0 Å². The Labute approximate surface area is 81.8 Å². The zero-order valence-corrected chi connectivity index (χ0v) is 7.16. The van der Waals surface area contributed by atoms with Crippen LogP contribution in [-0.4, -0.2) is 24.0 Å². The number of nitrogens with zero attached hydrogens (tertiary/aromatic N) is 1. The summed E-state index contributed by atoms with van der Waals surface area (Å²) in [7, 11) is 0. The van der Waals surface area contributed by atoms with E-state index in [9.17, 15) is 0 Å². The monoisotopic (exact) mass is 143 g/mol. The molecule has 1 aliphatic heterocycles. The molecule has 56 valence electrons. The molecule has 0 saturated heterocycles. The molecule has 0 N–H and O–H groups in total. The predicted octanol–water partition coefficient (Wildman–Crippen LogP) is -1.31. The second-order valence-corrected chi connectivity index (χ2v) is 2.99. The van der Waals surface area contributed by atoms with Gasteiger partial charge in [-0.2, -0.15) is 0 Å². The maximum Gasteiger partial charge on any atom is 1.00 e.